The Labute approximate surface area is 155 Å². The molecule has 0 aromatic heterocycles. The fraction of sp³-hybridized carbons (Fsp3) is 0.364. The Bertz CT molecular complexity index is 755. The summed E-state index contributed by atoms with van der Waals surface area (Å²) >= 11 is 0. The minimum absolute atomic E-state index is 0.269. The second kappa shape index (κ2) is 8.53. The lowest BCUT2D eigenvalue weighted by Gasteiger charge is -2.34. The van der Waals surface area contributed by atoms with Crippen LogP contribution in [0.2, 0.25) is 0 Å². The number of nitriles is 1. The molecule has 2 aromatic carbocycles. The van der Waals surface area contributed by atoms with Gasteiger partial charge in [-0.05, 0) is 48.6 Å². The Morgan fingerprint density at radius 3 is 1.77 bits per heavy atom. The SMILES string of the molecule is N#CC1CC(c2ccccc2)C1.N/C(=N\O)C1CC(c2ccccc2)C1. The lowest BCUT2D eigenvalue weighted by Crippen LogP contribution is -2.34. The van der Waals surface area contributed by atoms with Crippen LogP contribution in [0.3, 0.4) is 0 Å². The highest BCUT2D eigenvalue weighted by atomic mass is 16.4. The van der Waals surface area contributed by atoms with Crippen molar-refractivity contribution >= 4 is 5.84 Å². The second-order valence-corrected chi connectivity index (χ2v) is 7.21. The van der Waals surface area contributed by atoms with E-state index in [0.717, 1.165) is 25.7 Å². The number of nitrogens with two attached hydrogens (primary N) is 1. The van der Waals surface area contributed by atoms with Crippen LogP contribution in [0.5, 0.6) is 0 Å². The molecule has 2 saturated carbocycles. The minimum Gasteiger partial charge on any atom is -0.409 e. The molecule has 0 radical (unpaired) electrons. The van der Waals surface area contributed by atoms with Gasteiger partial charge in [0.05, 0.1) is 6.07 Å². The van der Waals surface area contributed by atoms with Crippen molar-refractivity contribution in [1.29, 1.82) is 5.26 Å². The third kappa shape index (κ3) is 4.23. The maximum Gasteiger partial charge on any atom is 0.142 e. The second-order valence-electron chi connectivity index (χ2n) is 7.21. The normalized spacial score (nSPS) is 27.1. The molecule has 2 fully saturated rings. The number of benzene rings is 2. The van der Waals surface area contributed by atoms with Gasteiger partial charge in [0.25, 0.3) is 0 Å². The number of amidine groups is 1. The topological polar surface area (TPSA) is 82.4 Å². The first-order chi connectivity index (χ1) is 12.7. The molecule has 2 aliphatic rings. The first-order valence-electron chi connectivity index (χ1n) is 9.18. The van der Waals surface area contributed by atoms with Crippen molar-refractivity contribution in [1.82, 2.24) is 0 Å². The van der Waals surface area contributed by atoms with E-state index in [1.54, 1.807) is 0 Å². The molecule has 0 saturated heterocycles. The first kappa shape index (κ1) is 18.0. The van der Waals surface area contributed by atoms with E-state index >= 15 is 0 Å². The van der Waals surface area contributed by atoms with Gasteiger partial charge in [0.1, 0.15) is 5.84 Å². The van der Waals surface area contributed by atoms with Gasteiger partial charge in [0.2, 0.25) is 0 Å². The van der Waals surface area contributed by atoms with Crippen LogP contribution in [-0.4, -0.2) is 11.0 Å². The summed E-state index contributed by atoms with van der Waals surface area (Å²) in [4.78, 5) is 0. The van der Waals surface area contributed by atoms with Gasteiger partial charge in [-0.25, -0.2) is 0 Å². The van der Waals surface area contributed by atoms with Crippen LogP contribution in [0.15, 0.2) is 65.8 Å². The van der Waals surface area contributed by atoms with E-state index in [1.165, 1.54) is 11.1 Å². The number of nitrogens with zero attached hydrogens (tertiary/aromatic N) is 2. The zero-order chi connectivity index (χ0) is 18.4. The monoisotopic (exact) mass is 347 g/mol. The van der Waals surface area contributed by atoms with E-state index < -0.39 is 0 Å². The van der Waals surface area contributed by atoms with Crippen LogP contribution in [-0.2, 0) is 0 Å². The zero-order valence-corrected chi connectivity index (χ0v) is 14.8. The highest BCUT2D eigenvalue weighted by molar-refractivity contribution is 5.83. The van der Waals surface area contributed by atoms with E-state index in [2.05, 4.69) is 47.6 Å². The molecule has 0 unspecified atom stereocenters. The summed E-state index contributed by atoms with van der Waals surface area (Å²) in [6, 6.07) is 23.1. The molecule has 4 heteroatoms. The van der Waals surface area contributed by atoms with Crippen LogP contribution in [0.4, 0.5) is 0 Å². The van der Waals surface area contributed by atoms with E-state index in [4.69, 9.17) is 16.2 Å². The molecule has 2 aliphatic carbocycles. The highest BCUT2D eigenvalue weighted by Crippen LogP contribution is 2.41. The van der Waals surface area contributed by atoms with Crippen molar-refractivity contribution in [2.45, 2.75) is 37.5 Å². The van der Waals surface area contributed by atoms with Crippen LogP contribution < -0.4 is 5.73 Å². The van der Waals surface area contributed by atoms with Crippen molar-refractivity contribution in [2.75, 3.05) is 0 Å². The van der Waals surface area contributed by atoms with Crippen molar-refractivity contribution < 1.29 is 5.21 Å². The molecule has 134 valence electrons. The van der Waals surface area contributed by atoms with Gasteiger partial charge in [-0.3, -0.25) is 0 Å². The Morgan fingerprint density at radius 1 is 0.885 bits per heavy atom. The van der Waals surface area contributed by atoms with Crippen molar-refractivity contribution in [3.63, 3.8) is 0 Å². The quantitative estimate of drug-likeness (QED) is 0.367. The van der Waals surface area contributed by atoms with Gasteiger partial charge in [-0.1, -0.05) is 65.8 Å². The third-order valence-corrected chi connectivity index (χ3v) is 5.53. The van der Waals surface area contributed by atoms with E-state index in [1.807, 2.05) is 24.3 Å². The van der Waals surface area contributed by atoms with Crippen LogP contribution in [0.1, 0.15) is 48.6 Å². The van der Waals surface area contributed by atoms with Crippen LogP contribution in [0, 0.1) is 23.2 Å². The van der Waals surface area contributed by atoms with Crippen molar-refractivity contribution in [3.05, 3.63) is 71.8 Å². The van der Waals surface area contributed by atoms with E-state index in [0.29, 0.717) is 23.6 Å². The third-order valence-electron chi connectivity index (χ3n) is 5.53. The molecule has 0 bridgehead atoms. The van der Waals surface area contributed by atoms with Gasteiger partial charge < -0.3 is 10.9 Å². The van der Waals surface area contributed by atoms with Crippen molar-refractivity contribution in [3.8, 4) is 6.07 Å². The van der Waals surface area contributed by atoms with Gasteiger partial charge in [-0.2, -0.15) is 5.26 Å². The predicted molar refractivity (Wildman–Crippen MR) is 103 cm³/mol. The molecule has 26 heavy (non-hydrogen) atoms. The standard InChI is InChI=1S/C11H14N2O.C11H11N/c12-11(13-14)10-6-9(7-10)8-4-2-1-3-5-8;12-8-9-6-11(7-9)10-4-2-1-3-5-10/h1-5,9-10,14H,6-7H2,(H2,12,13);1-5,9,11H,6-7H2. The molecule has 0 heterocycles. The lowest BCUT2D eigenvalue weighted by atomic mass is 9.71. The Kier molecular flexibility index (Phi) is 5.91. The van der Waals surface area contributed by atoms with Gasteiger partial charge in [-0.15, -0.1) is 0 Å². The predicted octanol–water partition coefficient (Wildman–Crippen LogP) is 4.63. The lowest BCUT2D eigenvalue weighted by molar-refractivity contribution is 0.292. The first-order valence-corrected chi connectivity index (χ1v) is 9.18. The maximum absolute atomic E-state index is 8.60. The average Bonchev–Trinajstić information content (AvgIpc) is 2.62. The molecule has 0 atom stereocenters. The summed E-state index contributed by atoms with van der Waals surface area (Å²) in [5.74, 6) is 2.19. The van der Waals surface area contributed by atoms with E-state index in [-0.39, 0.29) is 5.92 Å². The number of hydrogen-bond donors (Lipinski definition) is 2. The van der Waals surface area contributed by atoms with Crippen LogP contribution >= 0.6 is 0 Å². The summed E-state index contributed by atoms with van der Waals surface area (Å²) in [7, 11) is 0. The number of oxime groups is 1. The smallest absolute Gasteiger partial charge is 0.142 e. The molecule has 3 N–H and O–H groups in total. The summed E-state index contributed by atoms with van der Waals surface area (Å²) in [5.41, 5.74) is 8.27. The summed E-state index contributed by atoms with van der Waals surface area (Å²) in [6.45, 7) is 0. The van der Waals surface area contributed by atoms with Gasteiger partial charge >= 0.3 is 0 Å². The molecular formula is C22H25N3O. The summed E-state index contributed by atoms with van der Waals surface area (Å²) in [5, 5.41) is 20.1. The molecule has 4 rings (SSSR count). The minimum atomic E-state index is 0.269. The molecule has 2 aromatic rings. The molecule has 4 nitrogen and oxygen atoms in total. The number of hydrogen-bond acceptors (Lipinski definition) is 3. The highest BCUT2D eigenvalue weighted by Gasteiger charge is 2.33. The molecule has 0 aliphatic heterocycles. The van der Waals surface area contributed by atoms with Gasteiger partial charge in [0.15, 0.2) is 0 Å². The fourth-order valence-electron chi connectivity index (χ4n) is 3.66. The van der Waals surface area contributed by atoms with Gasteiger partial charge in [0, 0.05) is 11.8 Å². The zero-order valence-electron chi connectivity index (χ0n) is 14.8. The summed E-state index contributed by atoms with van der Waals surface area (Å²) in [6.07, 6.45) is 4.11. The number of rotatable bonds is 3. The van der Waals surface area contributed by atoms with Crippen molar-refractivity contribution in [2.24, 2.45) is 22.7 Å². The molecule has 0 amide bonds. The Morgan fingerprint density at radius 2 is 1.35 bits per heavy atom. The van der Waals surface area contributed by atoms with Crippen LogP contribution in [0.25, 0.3) is 0 Å². The Hall–Kier alpha value is -2.80. The maximum atomic E-state index is 8.60. The van der Waals surface area contributed by atoms with E-state index in [9.17, 15) is 0 Å². The average molecular weight is 347 g/mol. The summed E-state index contributed by atoms with van der Waals surface area (Å²) < 4.78 is 0. The largest absolute Gasteiger partial charge is 0.409 e. The molecule has 0 spiro atoms. The Balaban J connectivity index is 0.000000152. The molecular weight excluding hydrogens is 322 g/mol. The fourth-order valence-corrected chi connectivity index (χ4v) is 3.66.